The summed E-state index contributed by atoms with van der Waals surface area (Å²) in [5.74, 6) is -1.10. The zero-order valence-corrected chi connectivity index (χ0v) is 18.4. The van der Waals surface area contributed by atoms with Crippen LogP contribution in [0.5, 0.6) is 5.75 Å². The van der Waals surface area contributed by atoms with Crippen LogP contribution in [0.2, 0.25) is 0 Å². The van der Waals surface area contributed by atoms with Crippen LogP contribution < -0.4 is 16.2 Å². The molecule has 1 aromatic heterocycles. The van der Waals surface area contributed by atoms with E-state index in [0.29, 0.717) is 24.5 Å². The van der Waals surface area contributed by atoms with Gasteiger partial charge in [-0.2, -0.15) is 0 Å². The molecule has 0 unspecified atom stereocenters. The number of hydrogen-bond acceptors (Lipinski definition) is 6. The molecular formula is C22H28FN5O4. The van der Waals surface area contributed by atoms with E-state index in [-0.39, 0.29) is 43.5 Å². The van der Waals surface area contributed by atoms with E-state index in [9.17, 15) is 23.9 Å². The van der Waals surface area contributed by atoms with Gasteiger partial charge in [-0.3, -0.25) is 23.9 Å². The van der Waals surface area contributed by atoms with Crippen molar-refractivity contribution >= 4 is 11.8 Å². The van der Waals surface area contributed by atoms with E-state index < -0.39 is 22.8 Å². The monoisotopic (exact) mass is 445 g/mol. The Morgan fingerprint density at radius 3 is 2.50 bits per heavy atom. The number of halogens is 1. The zero-order valence-electron chi connectivity index (χ0n) is 18.4. The second-order valence-corrected chi connectivity index (χ2v) is 8.20. The fourth-order valence-corrected chi connectivity index (χ4v) is 3.75. The van der Waals surface area contributed by atoms with Gasteiger partial charge < -0.3 is 15.7 Å². The van der Waals surface area contributed by atoms with E-state index in [4.69, 9.17) is 0 Å². The molecule has 0 fully saturated rings. The molecule has 0 aliphatic carbocycles. The minimum atomic E-state index is -0.768. The highest BCUT2D eigenvalue weighted by Crippen LogP contribution is 2.30. The summed E-state index contributed by atoms with van der Waals surface area (Å²) in [4.78, 5) is 43.6. The van der Waals surface area contributed by atoms with Gasteiger partial charge in [0.2, 0.25) is 17.6 Å². The van der Waals surface area contributed by atoms with Crippen LogP contribution in [0.25, 0.3) is 0 Å². The maximum absolute atomic E-state index is 13.0. The van der Waals surface area contributed by atoms with Crippen LogP contribution in [0.3, 0.4) is 0 Å². The molecule has 0 spiro atoms. The summed E-state index contributed by atoms with van der Waals surface area (Å²) in [6, 6.07) is 5.71. The highest BCUT2D eigenvalue weighted by Gasteiger charge is 2.39. The molecule has 0 saturated carbocycles. The van der Waals surface area contributed by atoms with Crippen molar-refractivity contribution in [2.75, 3.05) is 19.6 Å². The Labute approximate surface area is 185 Å². The van der Waals surface area contributed by atoms with Gasteiger partial charge in [0.25, 0.3) is 5.56 Å². The van der Waals surface area contributed by atoms with Gasteiger partial charge >= 0.3 is 0 Å². The lowest BCUT2D eigenvalue weighted by molar-refractivity contribution is -0.124. The number of rotatable bonds is 7. The molecule has 2 heterocycles. The lowest BCUT2D eigenvalue weighted by atomic mass is 9.98. The molecule has 32 heavy (non-hydrogen) atoms. The van der Waals surface area contributed by atoms with Crippen molar-refractivity contribution in [1.29, 1.82) is 0 Å². The first-order valence-electron chi connectivity index (χ1n) is 10.5. The molecule has 1 aliphatic rings. The predicted octanol–water partition coefficient (Wildman–Crippen LogP) is 0.634. The van der Waals surface area contributed by atoms with Crippen molar-refractivity contribution in [2.45, 2.75) is 45.8 Å². The predicted molar refractivity (Wildman–Crippen MR) is 115 cm³/mol. The number of benzene rings is 1. The van der Waals surface area contributed by atoms with Crippen LogP contribution in [-0.2, 0) is 34.6 Å². The first-order chi connectivity index (χ1) is 15.1. The van der Waals surface area contributed by atoms with E-state index in [1.807, 2.05) is 25.7 Å². The number of hydrogen-bond donors (Lipinski definition) is 3. The van der Waals surface area contributed by atoms with Crippen LogP contribution in [0.4, 0.5) is 4.39 Å². The SMILES string of the molecule is CCNC(=O)CN1CCn2c(nc(CC(=O)NCc3ccc(F)cc3)c(O)c2=O)C1(C)C. The largest absolute Gasteiger partial charge is 0.502 e. The summed E-state index contributed by atoms with van der Waals surface area (Å²) in [5, 5.41) is 15.8. The first-order valence-corrected chi connectivity index (χ1v) is 10.5. The number of carbonyl (C=O) groups excluding carboxylic acids is 2. The smallest absolute Gasteiger partial charge is 0.296 e. The summed E-state index contributed by atoms with van der Waals surface area (Å²) in [5.41, 5.74) is -0.687. The molecule has 2 amide bonds. The molecule has 1 aliphatic heterocycles. The Balaban J connectivity index is 1.79. The molecule has 0 saturated heterocycles. The minimum absolute atomic E-state index is 0.0224. The van der Waals surface area contributed by atoms with Crippen molar-refractivity contribution in [3.63, 3.8) is 0 Å². The number of carbonyl (C=O) groups is 2. The number of aromatic hydroxyl groups is 1. The Morgan fingerprint density at radius 2 is 1.84 bits per heavy atom. The van der Waals surface area contributed by atoms with Crippen LogP contribution >= 0.6 is 0 Å². The van der Waals surface area contributed by atoms with Gasteiger partial charge in [0.1, 0.15) is 11.6 Å². The van der Waals surface area contributed by atoms with Crippen molar-refractivity contribution in [3.05, 3.63) is 57.5 Å². The van der Waals surface area contributed by atoms with Gasteiger partial charge in [0.05, 0.1) is 24.2 Å². The number of amides is 2. The van der Waals surface area contributed by atoms with Gasteiger partial charge in [-0.25, -0.2) is 9.37 Å². The second-order valence-electron chi connectivity index (χ2n) is 8.20. The summed E-state index contributed by atoms with van der Waals surface area (Å²) < 4.78 is 14.4. The first kappa shape index (κ1) is 23.4. The molecule has 10 heteroatoms. The van der Waals surface area contributed by atoms with Crippen molar-refractivity contribution in [3.8, 4) is 5.75 Å². The normalized spacial score (nSPS) is 15.1. The number of fused-ring (bicyclic) bond motifs is 1. The third kappa shape index (κ3) is 4.96. The highest BCUT2D eigenvalue weighted by atomic mass is 19.1. The van der Waals surface area contributed by atoms with Crippen molar-refractivity contribution in [2.24, 2.45) is 0 Å². The summed E-state index contributed by atoms with van der Waals surface area (Å²) >= 11 is 0. The number of likely N-dealkylation sites (N-methyl/N-ethyl adjacent to an activating group) is 1. The summed E-state index contributed by atoms with van der Waals surface area (Å²) in [6.07, 6.45) is -0.289. The van der Waals surface area contributed by atoms with Gasteiger partial charge in [0, 0.05) is 26.2 Å². The van der Waals surface area contributed by atoms with Gasteiger partial charge in [-0.05, 0) is 38.5 Å². The highest BCUT2D eigenvalue weighted by molar-refractivity contribution is 5.79. The number of nitrogens with zero attached hydrogens (tertiary/aromatic N) is 3. The van der Waals surface area contributed by atoms with Gasteiger partial charge in [0.15, 0.2) is 0 Å². The zero-order chi connectivity index (χ0) is 23.5. The van der Waals surface area contributed by atoms with E-state index in [1.165, 1.54) is 16.7 Å². The molecule has 1 aromatic carbocycles. The molecule has 9 nitrogen and oxygen atoms in total. The molecule has 0 radical (unpaired) electrons. The van der Waals surface area contributed by atoms with E-state index in [2.05, 4.69) is 15.6 Å². The second kappa shape index (κ2) is 9.47. The minimum Gasteiger partial charge on any atom is -0.502 e. The summed E-state index contributed by atoms with van der Waals surface area (Å²) in [7, 11) is 0. The Hall–Kier alpha value is -3.27. The van der Waals surface area contributed by atoms with Gasteiger partial charge in [-0.1, -0.05) is 12.1 Å². The lowest BCUT2D eigenvalue weighted by Gasteiger charge is -2.42. The quantitative estimate of drug-likeness (QED) is 0.576. The Kier molecular flexibility index (Phi) is 6.93. The van der Waals surface area contributed by atoms with Crippen LogP contribution in [0.15, 0.2) is 29.1 Å². The van der Waals surface area contributed by atoms with E-state index in [1.54, 1.807) is 12.1 Å². The van der Waals surface area contributed by atoms with Crippen molar-refractivity contribution in [1.82, 2.24) is 25.1 Å². The molecule has 2 aromatic rings. The van der Waals surface area contributed by atoms with E-state index in [0.717, 1.165) is 0 Å². The standard InChI is InChI=1S/C22H28FN5O4/c1-4-24-18(30)13-27-9-10-28-20(32)19(31)16(26-21(28)22(27,2)3)11-17(29)25-12-14-5-7-15(23)8-6-14/h5-8,31H,4,9-13H2,1-3H3,(H,24,30)(H,25,29). The fourth-order valence-electron chi connectivity index (χ4n) is 3.75. The Morgan fingerprint density at radius 1 is 1.16 bits per heavy atom. The number of aromatic nitrogens is 2. The van der Waals surface area contributed by atoms with Gasteiger partial charge in [-0.15, -0.1) is 0 Å². The lowest BCUT2D eigenvalue weighted by Crippen LogP contribution is -2.55. The van der Waals surface area contributed by atoms with Crippen molar-refractivity contribution < 1.29 is 19.1 Å². The average molecular weight is 445 g/mol. The fraction of sp³-hybridized carbons (Fsp3) is 0.455. The third-order valence-corrected chi connectivity index (χ3v) is 5.59. The summed E-state index contributed by atoms with van der Waals surface area (Å²) in [6.45, 7) is 7.08. The molecule has 3 N–H and O–H groups in total. The van der Waals surface area contributed by atoms with E-state index >= 15 is 0 Å². The van der Waals surface area contributed by atoms with Crippen LogP contribution in [0, 0.1) is 5.82 Å². The molecular weight excluding hydrogens is 417 g/mol. The molecule has 3 rings (SSSR count). The average Bonchev–Trinajstić information content (AvgIpc) is 2.74. The number of nitrogens with one attached hydrogen (secondary N) is 2. The Bertz CT molecular complexity index is 1070. The molecule has 172 valence electrons. The topological polar surface area (TPSA) is 117 Å². The maximum Gasteiger partial charge on any atom is 0.296 e. The molecule has 0 bridgehead atoms. The maximum atomic E-state index is 13.0. The van der Waals surface area contributed by atoms with Crippen LogP contribution in [0.1, 0.15) is 37.9 Å². The molecule has 0 atom stereocenters. The third-order valence-electron chi connectivity index (χ3n) is 5.59. The van der Waals surface area contributed by atoms with Crippen LogP contribution in [-0.4, -0.2) is 51.0 Å².